The first kappa shape index (κ1) is 20.3. The maximum atomic E-state index is 14.0. The van der Waals surface area contributed by atoms with Crippen molar-refractivity contribution in [2.45, 2.75) is 41.6 Å². The van der Waals surface area contributed by atoms with Gasteiger partial charge in [0.2, 0.25) is 0 Å². The molecule has 2 aliphatic rings. The summed E-state index contributed by atoms with van der Waals surface area (Å²) >= 11 is 3.17. The molecule has 2 unspecified atom stereocenters. The van der Waals surface area contributed by atoms with E-state index in [-0.39, 0.29) is 0 Å². The third-order valence-electron chi connectivity index (χ3n) is 5.87. The number of rotatable bonds is 2. The van der Waals surface area contributed by atoms with Crippen LogP contribution in [0.15, 0.2) is 114 Å². The van der Waals surface area contributed by atoms with E-state index in [0.717, 1.165) is 30.7 Å². The first-order chi connectivity index (χ1) is 15.6. The predicted molar refractivity (Wildman–Crippen MR) is 127 cm³/mol. The third kappa shape index (κ3) is 3.10. The zero-order chi connectivity index (χ0) is 21.8. The molecule has 0 aliphatic carbocycles. The second-order valence-corrected chi connectivity index (χ2v) is 11.3. The molecule has 0 saturated carbocycles. The minimum absolute atomic E-state index is 0.585. The van der Waals surface area contributed by atoms with Crippen LogP contribution in [-0.4, -0.2) is 14.4 Å². The number of fused-ring (bicyclic) bond motifs is 4. The van der Waals surface area contributed by atoms with Crippen LogP contribution in [0.2, 0.25) is 0 Å². The minimum atomic E-state index is -1.57. The highest BCUT2D eigenvalue weighted by Gasteiger charge is 2.32. The smallest absolute Gasteiger partial charge is 0.107 e. The van der Waals surface area contributed by atoms with E-state index in [1.165, 1.54) is 0 Å². The van der Waals surface area contributed by atoms with Crippen molar-refractivity contribution < 1.29 is 14.4 Å². The van der Waals surface area contributed by atoms with E-state index in [9.17, 15) is 14.4 Å². The molecule has 0 bridgehead atoms. The van der Waals surface area contributed by atoms with E-state index >= 15 is 0 Å². The zero-order valence-corrected chi connectivity index (χ0v) is 19.2. The van der Waals surface area contributed by atoms with Crippen LogP contribution in [0.5, 0.6) is 0 Å². The molecule has 0 aromatic heterocycles. The number of aliphatic hydroxyl groups is 2. The van der Waals surface area contributed by atoms with Gasteiger partial charge in [-0.05, 0) is 47.5 Å². The third-order valence-corrected chi connectivity index (χ3v) is 9.71. The fourth-order valence-corrected chi connectivity index (χ4v) is 8.28. The zero-order valence-electron chi connectivity index (χ0n) is 16.8. The van der Waals surface area contributed by atoms with E-state index in [0.29, 0.717) is 20.9 Å². The van der Waals surface area contributed by atoms with Crippen LogP contribution >= 0.6 is 23.5 Å². The summed E-state index contributed by atoms with van der Waals surface area (Å²) in [5.41, 5.74) is 3.03. The minimum Gasteiger partial charge on any atom is -0.384 e. The highest BCUT2D eigenvalue weighted by Crippen LogP contribution is 2.49. The van der Waals surface area contributed by atoms with E-state index < -0.39 is 23.0 Å². The largest absolute Gasteiger partial charge is 0.384 e. The molecule has 32 heavy (non-hydrogen) atoms. The van der Waals surface area contributed by atoms with Gasteiger partial charge in [-0.1, -0.05) is 72.1 Å². The van der Waals surface area contributed by atoms with Crippen molar-refractivity contribution in [3.8, 4) is 0 Å². The van der Waals surface area contributed by atoms with E-state index in [2.05, 4.69) is 0 Å². The molecule has 6 heteroatoms. The Kier molecular flexibility index (Phi) is 5.01. The molecular formula is C26H18O3S3. The summed E-state index contributed by atoms with van der Waals surface area (Å²) in [6, 6.07) is 26.9. The monoisotopic (exact) mass is 474 g/mol. The average molecular weight is 475 g/mol. The molecule has 2 N–H and O–H groups in total. The molecular weight excluding hydrogens is 456 g/mol. The molecule has 4 aromatic rings. The lowest BCUT2D eigenvalue weighted by atomic mass is 10.0. The normalized spacial score (nSPS) is 19.3. The van der Waals surface area contributed by atoms with Gasteiger partial charge in [-0.3, -0.25) is 0 Å². The SMILES string of the molecule is O=S(c1cccc2c1C(O)c1ccccc1S2)c1cccc2c1C(O)c1ccccc1S2. The lowest BCUT2D eigenvalue weighted by molar-refractivity contribution is 0.209. The number of hydrogen-bond acceptors (Lipinski definition) is 5. The van der Waals surface area contributed by atoms with Crippen LogP contribution < -0.4 is 0 Å². The molecule has 0 radical (unpaired) electrons. The molecule has 2 atom stereocenters. The van der Waals surface area contributed by atoms with Crippen LogP contribution in [-0.2, 0) is 10.8 Å². The van der Waals surface area contributed by atoms with Gasteiger partial charge in [-0.2, -0.15) is 0 Å². The Bertz CT molecular complexity index is 1290. The van der Waals surface area contributed by atoms with Crippen molar-refractivity contribution in [3.63, 3.8) is 0 Å². The summed E-state index contributed by atoms with van der Waals surface area (Å²) in [4.78, 5) is 5.01. The first-order valence-corrected chi connectivity index (χ1v) is 13.0. The van der Waals surface area contributed by atoms with Crippen molar-refractivity contribution in [2.24, 2.45) is 0 Å². The summed E-state index contributed by atoms with van der Waals surface area (Å²) in [7, 11) is -1.57. The summed E-state index contributed by atoms with van der Waals surface area (Å²) in [5, 5.41) is 22.4. The molecule has 6 rings (SSSR count). The van der Waals surface area contributed by atoms with Crippen molar-refractivity contribution in [2.75, 3.05) is 0 Å². The van der Waals surface area contributed by atoms with Crippen molar-refractivity contribution in [3.05, 3.63) is 107 Å². The van der Waals surface area contributed by atoms with Crippen LogP contribution in [0, 0.1) is 0 Å². The Hall–Kier alpha value is -2.35. The number of hydrogen-bond donors (Lipinski definition) is 2. The van der Waals surface area contributed by atoms with E-state index in [4.69, 9.17) is 0 Å². The van der Waals surface area contributed by atoms with Crippen molar-refractivity contribution in [1.29, 1.82) is 0 Å². The maximum absolute atomic E-state index is 14.0. The average Bonchev–Trinajstić information content (AvgIpc) is 2.83. The first-order valence-electron chi connectivity index (χ1n) is 10.2. The van der Waals surface area contributed by atoms with E-state index in [1.54, 1.807) is 23.5 Å². The highest BCUT2D eigenvalue weighted by molar-refractivity contribution is 7.99. The highest BCUT2D eigenvalue weighted by atomic mass is 32.2. The van der Waals surface area contributed by atoms with Crippen LogP contribution in [0.3, 0.4) is 0 Å². The molecule has 0 amide bonds. The molecule has 158 valence electrons. The summed E-state index contributed by atoms with van der Waals surface area (Å²) in [5.74, 6) is 0. The Labute approximate surface area is 197 Å². The summed E-state index contributed by atoms with van der Waals surface area (Å²) < 4.78 is 14.0. The van der Waals surface area contributed by atoms with Gasteiger partial charge in [0.25, 0.3) is 0 Å². The quantitative estimate of drug-likeness (QED) is 0.376. The molecule has 0 saturated heterocycles. The fraction of sp³-hybridized carbons (Fsp3) is 0.0769. The van der Waals surface area contributed by atoms with E-state index in [1.807, 2.05) is 84.9 Å². The lowest BCUT2D eigenvalue weighted by Crippen LogP contribution is -2.14. The predicted octanol–water partition coefficient (Wildman–Crippen LogP) is 5.95. The standard InChI is InChI=1S/C26H18O3S3/c27-25-15-7-1-3-9-17(15)30-19-11-5-13-21(23(19)25)32(29)22-14-6-12-20-24(22)26(28)16-8-2-4-10-18(16)31-20/h1-14,25-28H. The Morgan fingerprint density at radius 1 is 0.562 bits per heavy atom. The Morgan fingerprint density at radius 2 is 0.969 bits per heavy atom. The molecule has 2 aliphatic heterocycles. The van der Waals surface area contributed by atoms with Gasteiger partial charge in [-0.15, -0.1) is 0 Å². The van der Waals surface area contributed by atoms with Crippen LogP contribution in [0.4, 0.5) is 0 Å². The Balaban J connectivity index is 1.48. The van der Waals surface area contributed by atoms with Gasteiger partial charge in [0.05, 0.1) is 20.6 Å². The summed E-state index contributed by atoms with van der Waals surface area (Å²) in [6.07, 6.45) is -1.69. The van der Waals surface area contributed by atoms with Crippen LogP contribution in [0.1, 0.15) is 34.5 Å². The molecule has 4 aromatic carbocycles. The Morgan fingerprint density at radius 3 is 1.44 bits per heavy atom. The van der Waals surface area contributed by atoms with Gasteiger partial charge >= 0.3 is 0 Å². The molecule has 2 heterocycles. The maximum Gasteiger partial charge on any atom is 0.107 e. The summed E-state index contributed by atoms with van der Waals surface area (Å²) in [6.45, 7) is 0. The van der Waals surface area contributed by atoms with Gasteiger partial charge in [-0.25, -0.2) is 4.21 Å². The van der Waals surface area contributed by atoms with Crippen molar-refractivity contribution in [1.82, 2.24) is 0 Å². The fourth-order valence-electron chi connectivity index (χ4n) is 4.35. The second-order valence-electron chi connectivity index (χ2n) is 7.69. The number of benzene rings is 4. The second kappa shape index (κ2) is 7.90. The van der Waals surface area contributed by atoms with Gasteiger partial charge in [0, 0.05) is 30.7 Å². The van der Waals surface area contributed by atoms with Gasteiger partial charge in [0.15, 0.2) is 0 Å². The molecule has 0 spiro atoms. The van der Waals surface area contributed by atoms with Crippen molar-refractivity contribution >= 4 is 34.3 Å². The lowest BCUT2D eigenvalue weighted by Gasteiger charge is -2.28. The molecule has 0 fully saturated rings. The van der Waals surface area contributed by atoms with Gasteiger partial charge < -0.3 is 10.2 Å². The number of aliphatic hydroxyl groups excluding tert-OH is 2. The molecule has 3 nitrogen and oxygen atoms in total. The van der Waals surface area contributed by atoms with Gasteiger partial charge in [0.1, 0.15) is 12.2 Å². The van der Waals surface area contributed by atoms with Crippen LogP contribution in [0.25, 0.3) is 0 Å². The topological polar surface area (TPSA) is 57.5 Å².